The molecule has 0 N–H and O–H groups in total. The van der Waals surface area contributed by atoms with E-state index in [1.807, 2.05) is 6.07 Å². The smallest absolute Gasteiger partial charge is 0.144 e. The van der Waals surface area contributed by atoms with Crippen LogP contribution in [0, 0.1) is 40.8 Å². The van der Waals surface area contributed by atoms with Crippen LogP contribution in [0.2, 0.25) is 0 Å². The number of hydrogen-bond donors (Lipinski definition) is 0. The van der Waals surface area contributed by atoms with Gasteiger partial charge in [0, 0.05) is 6.07 Å². The summed E-state index contributed by atoms with van der Waals surface area (Å²) in [5.41, 5.74) is 0.0543. The van der Waals surface area contributed by atoms with Gasteiger partial charge in [-0.1, -0.05) is 51.2 Å². The van der Waals surface area contributed by atoms with E-state index in [0.717, 1.165) is 17.8 Å². The topological polar surface area (TPSA) is 33.0 Å². The van der Waals surface area contributed by atoms with Gasteiger partial charge in [0.1, 0.15) is 24.2 Å². The van der Waals surface area contributed by atoms with Gasteiger partial charge in [0.05, 0.1) is 5.56 Å². The van der Waals surface area contributed by atoms with Crippen molar-refractivity contribution < 1.29 is 9.13 Å². The molecule has 2 aliphatic rings. The molecule has 3 rings (SSSR count). The van der Waals surface area contributed by atoms with Crippen molar-refractivity contribution in [3.05, 3.63) is 41.7 Å². The Balaban J connectivity index is 1.38. The Morgan fingerprint density at radius 1 is 1.14 bits per heavy atom. The van der Waals surface area contributed by atoms with Gasteiger partial charge in [0.2, 0.25) is 0 Å². The minimum Gasteiger partial charge on any atom is -0.489 e. The number of rotatable bonds is 7. The molecule has 2 saturated carbocycles. The summed E-state index contributed by atoms with van der Waals surface area (Å²) in [6.45, 7) is 2.77. The van der Waals surface area contributed by atoms with Gasteiger partial charge in [-0.25, -0.2) is 4.39 Å². The van der Waals surface area contributed by atoms with E-state index in [4.69, 9.17) is 10.00 Å². The maximum absolute atomic E-state index is 13.6. The first-order valence-corrected chi connectivity index (χ1v) is 11.2. The zero-order valence-electron chi connectivity index (χ0n) is 17.2. The van der Waals surface area contributed by atoms with Gasteiger partial charge < -0.3 is 4.74 Å². The average molecular weight is 384 g/mol. The van der Waals surface area contributed by atoms with Crippen molar-refractivity contribution >= 4 is 0 Å². The van der Waals surface area contributed by atoms with E-state index in [9.17, 15) is 4.39 Å². The Bertz CT molecular complexity index is 682. The molecule has 0 radical (unpaired) electrons. The molecule has 1 aromatic rings. The van der Waals surface area contributed by atoms with Crippen LogP contribution in [-0.2, 0) is 0 Å². The highest BCUT2D eigenvalue weighted by atomic mass is 19.1. The van der Waals surface area contributed by atoms with E-state index in [2.05, 4.69) is 19.1 Å². The summed E-state index contributed by atoms with van der Waals surface area (Å²) < 4.78 is 19.2. The van der Waals surface area contributed by atoms with E-state index < -0.39 is 5.82 Å². The van der Waals surface area contributed by atoms with E-state index in [0.29, 0.717) is 18.3 Å². The average Bonchev–Trinajstić information content (AvgIpc) is 2.72. The molecular weight excluding hydrogens is 349 g/mol. The quantitative estimate of drug-likeness (QED) is 0.473. The fourth-order valence-corrected chi connectivity index (χ4v) is 5.31. The third-order valence-electron chi connectivity index (χ3n) is 6.82. The largest absolute Gasteiger partial charge is 0.489 e. The molecule has 0 bridgehead atoms. The fraction of sp³-hybridized carbons (Fsp3) is 0.640. The minimum atomic E-state index is -0.522. The molecule has 2 fully saturated rings. The zero-order chi connectivity index (χ0) is 19.8. The van der Waals surface area contributed by atoms with Crippen molar-refractivity contribution in [3.8, 4) is 11.8 Å². The number of nitriles is 1. The molecular formula is C25H34FNO. The molecule has 0 spiro atoms. The monoisotopic (exact) mass is 383 g/mol. The Morgan fingerprint density at radius 3 is 2.68 bits per heavy atom. The van der Waals surface area contributed by atoms with Crippen LogP contribution in [0.15, 0.2) is 30.4 Å². The van der Waals surface area contributed by atoms with Gasteiger partial charge in [0.25, 0.3) is 0 Å². The lowest BCUT2D eigenvalue weighted by Gasteiger charge is -2.38. The lowest BCUT2D eigenvalue weighted by molar-refractivity contribution is 0.144. The summed E-state index contributed by atoms with van der Waals surface area (Å²) in [6, 6.07) is 6.22. The number of benzene rings is 1. The SMILES string of the molecule is CCC[C@H]1CCC[C@H](C2CCC(/C=C/COc3ccc(C#N)c(F)c3)CC2)C1. The zero-order valence-corrected chi connectivity index (χ0v) is 17.2. The first kappa shape index (κ1) is 20.9. The Hall–Kier alpha value is -1.82. The second kappa shape index (κ2) is 10.6. The molecule has 2 atom stereocenters. The number of ether oxygens (including phenoxy) is 1. The Labute approximate surface area is 169 Å². The van der Waals surface area contributed by atoms with Gasteiger partial charge in [-0.2, -0.15) is 5.26 Å². The lowest BCUT2D eigenvalue weighted by Crippen LogP contribution is -2.26. The fourth-order valence-electron chi connectivity index (χ4n) is 5.31. The standard InChI is InChI=1S/C25H34FNO/c1-2-5-20-6-3-8-22(16-20)21-11-9-19(10-12-21)7-4-15-28-24-14-13-23(18-27)25(26)17-24/h4,7,13-14,17,19-22H,2-3,5-6,8-12,15-16H2,1H3/b7-4+/t19?,20-,21?,22-/m0/s1. The van der Waals surface area contributed by atoms with Gasteiger partial charge in [-0.15, -0.1) is 0 Å². The van der Waals surface area contributed by atoms with Gasteiger partial charge in [0.15, 0.2) is 0 Å². The van der Waals surface area contributed by atoms with Crippen LogP contribution < -0.4 is 4.74 Å². The van der Waals surface area contributed by atoms with E-state index in [1.165, 1.54) is 76.3 Å². The predicted molar refractivity (Wildman–Crippen MR) is 112 cm³/mol. The molecule has 1 aromatic carbocycles. The second-order valence-corrected chi connectivity index (χ2v) is 8.75. The summed E-state index contributed by atoms with van der Waals surface area (Å²) in [5, 5.41) is 8.76. The third kappa shape index (κ3) is 5.84. The summed E-state index contributed by atoms with van der Waals surface area (Å²) in [7, 11) is 0. The highest BCUT2D eigenvalue weighted by Crippen LogP contribution is 2.42. The molecule has 0 heterocycles. The van der Waals surface area contributed by atoms with Gasteiger partial charge in [-0.3, -0.25) is 0 Å². The minimum absolute atomic E-state index is 0.0543. The number of hydrogen-bond acceptors (Lipinski definition) is 2. The van der Waals surface area contributed by atoms with Crippen molar-refractivity contribution in [2.75, 3.05) is 6.61 Å². The van der Waals surface area contributed by atoms with Crippen molar-refractivity contribution in [1.29, 1.82) is 5.26 Å². The number of nitrogens with zero attached hydrogens (tertiary/aromatic N) is 1. The second-order valence-electron chi connectivity index (χ2n) is 8.75. The number of halogens is 1. The summed E-state index contributed by atoms with van der Waals surface area (Å²) in [4.78, 5) is 0. The maximum atomic E-state index is 13.6. The molecule has 0 aliphatic heterocycles. The highest BCUT2D eigenvalue weighted by Gasteiger charge is 2.30. The van der Waals surface area contributed by atoms with Crippen molar-refractivity contribution in [1.82, 2.24) is 0 Å². The van der Waals surface area contributed by atoms with Crippen LogP contribution in [0.5, 0.6) is 5.75 Å². The lowest BCUT2D eigenvalue weighted by atomic mass is 9.68. The molecule has 0 unspecified atom stereocenters. The highest BCUT2D eigenvalue weighted by molar-refractivity contribution is 5.36. The number of allylic oxidation sites excluding steroid dienone is 1. The molecule has 3 heteroatoms. The van der Waals surface area contributed by atoms with Crippen molar-refractivity contribution in [3.63, 3.8) is 0 Å². The molecule has 0 amide bonds. The van der Waals surface area contributed by atoms with E-state index in [1.54, 1.807) is 6.07 Å². The van der Waals surface area contributed by atoms with Crippen LogP contribution in [0.25, 0.3) is 0 Å². The van der Waals surface area contributed by atoms with Crippen LogP contribution in [0.1, 0.15) is 76.7 Å². The Kier molecular flexibility index (Phi) is 7.95. The van der Waals surface area contributed by atoms with Gasteiger partial charge >= 0.3 is 0 Å². The van der Waals surface area contributed by atoms with Crippen molar-refractivity contribution in [2.45, 2.75) is 71.1 Å². The van der Waals surface area contributed by atoms with Crippen LogP contribution in [-0.4, -0.2) is 6.61 Å². The molecule has 0 aromatic heterocycles. The van der Waals surface area contributed by atoms with E-state index in [-0.39, 0.29) is 5.56 Å². The summed E-state index contributed by atoms with van der Waals surface area (Å²) in [6.07, 6.45) is 18.3. The van der Waals surface area contributed by atoms with Crippen LogP contribution in [0.3, 0.4) is 0 Å². The normalized spacial score (nSPS) is 28.2. The van der Waals surface area contributed by atoms with E-state index >= 15 is 0 Å². The molecule has 2 nitrogen and oxygen atoms in total. The van der Waals surface area contributed by atoms with Gasteiger partial charge in [-0.05, 0) is 67.9 Å². The summed E-state index contributed by atoms with van der Waals surface area (Å²) >= 11 is 0. The van der Waals surface area contributed by atoms with Crippen LogP contribution >= 0.6 is 0 Å². The first-order chi connectivity index (χ1) is 13.7. The van der Waals surface area contributed by atoms with Crippen LogP contribution in [0.4, 0.5) is 4.39 Å². The molecule has 2 aliphatic carbocycles. The van der Waals surface area contributed by atoms with Crippen molar-refractivity contribution in [2.24, 2.45) is 23.7 Å². The predicted octanol–water partition coefficient (Wildman–Crippen LogP) is 7.05. The first-order valence-electron chi connectivity index (χ1n) is 11.2. The third-order valence-corrected chi connectivity index (χ3v) is 6.82. The molecule has 152 valence electrons. The maximum Gasteiger partial charge on any atom is 0.144 e. The summed E-state index contributed by atoms with van der Waals surface area (Å²) in [5.74, 6) is 3.53. The molecule has 28 heavy (non-hydrogen) atoms. The Morgan fingerprint density at radius 2 is 1.96 bits per heavy atom. The molecule has 0 saturated heterocycles.